The number of nitrogens with zero attached hydrogens (tertiary/aromatic N) is 1. The summed E-state index contributed by atoms with van der Waals surface area (Å²) in [6.45, 7) is 0. The predicted molar refractivity (Wildman–Crippen MR) is 85.4 cm³/mol. The Hall–Kier alpha value is -0.870. The van der Waals surface area contributed by atoms with E-state index in [1.54, 1.807) is 0 Å². The number of fused-ring (bicyclic) bond motifs is 1. The molecular formula is C15H14Br2N2. The van der Waals surface area contributed by atoms with Crippen LogP contribution in [0.5, 0.6) is 0 Å². The van der Waals surface area contributed by atoms with Gasteiger partial charge in [-0.15, -0.1) is 0 Å². The fraction of sp³-hybridized carbons (Fsp3) is 0.267. The molecule has 0 spiro atoms. The van der Waals surface area contributed by atoms with E-state index in [2.05, 4.69) is 60.4 Å². The quantitative estimate of drug-likeness (QED) is 0.782. The van der Waals surface area contributed by atoms with Crippen LogP contribution in [0.4, 0.5) is 5.69 Å². The molecule has 0 amide bonds. The zero-order valence-electron chi connectivity index (χ0n) is 10.4. The Balaban J connectivity index is 1.93. The van der Waals surface area contributed by atoms with Crippen molar-refractivity contribution in [2.24, 2.45) is 0 Å². The molecule has 2 aromatic rings. The van der Waals surface area contributed by atoms with E-state index >= 15 is 0 Å². The fourth-order valence-corrected chi connectivity index (χ4v) is 3.79. The van der Waals surface area contributed by atoms with Crippen molar-refractivity contribution in [2.45, 2.75) is 25.3 Å². The molecule has 1 heterocycles. The highest BCUT2D eigenvalue weighted by Gasteiger charge is 2.22. The van der Waals surface area contributed by atoms with Crippen LogP contribution in [-0.2, 0) is 6.42 Å². The van der Waals surface area contributed by atoms with Crippen LogP contribution in [0.25, 0.3) is 0 Å². The second-order valence-corrected chi connectivity index (χ2v) is 6.44. The number of hydrogen-bond donors (Lipinski definition) is 1. The van der Waals surface area contributed by atoms with Crippen LogP contribution in [0.15, 0.2) is 45.5 Å². The predicted octanol–water partition coefficient (Wildman–Crippen LogP) is 5.10. The number of aryl methyl sites for hydroxylation is 1. The summed E-state index contributed by atoms with van der Waals surface area (Å²) in [5.74, 6) is 0. The molecule has 2 nitrogen and oxygen atoms in total. The van der Waals surface area contributed by atoms with Crippen LogP contribution in [0.1, 0.15) is 30.1 Å². The number of hydrogen-bond acceptors (Lipinski definition) is 2. The van der Waals surface area contributed by atoms with Crippen molar-refractivity contribution in [3.8, 4) is 0 Å². The Morgan fingerprint density at radius 3 is 2.68 bits per heavy atom. The van der Waals surface area contributed by atoms with Crippen molar-refractivity contribution < 1.29 is 0 Å². The van der Waals surface area contributed by atoms with Crippen LogP contribution >= 0.6 is 31.9 Å². The largest absolute Gasteiger partial charge is 0.375 e. The lowest BCUT2D eigenvalue weighted by atomic mass is 9.92. The average molecular weight is 382 g/mol. The number of benzene rings is 1. The lowest BCUT2D eigenvalue weighted by molar-refractivity contribution is 0.583. The second-order valence-electron chi connectivity index (χ2n) is 4.73. The summed E-state index contributed by atoms with van der Waals surface area (Å²) < 4.78 is 2.15. The molecule has 1 unspecified atom stereocenters. The van der Waals surface area contributed by atoms with Crippen molar-refractivity contribution in [3.63, 3.8) is 0 Å². The smallest absolute Gasteiger partial charge is 0.0688 e. The first kappa shape index (κ1) is 13.1. The average Bonchev–Trinajstić information content (AvgIpc) is 2.43. The Labute approximate surface area is 129 Å². The molecule has 0 saturated heterocycles. The van der Waals surface area contributed by atoms with E-state index in [0.29, 0.717) is 6.04 Å². The van der Waals surface area contributed by atoms with Crippen molar-refractivity contribution in [1.82, 2.24) is 4.98 Å². The highest BCUT2D eigenvalue weighted by Crippen LogP contribution is 2.36. The van der Waals surface area contributed by atoms with Crippen LogP contribution in [0, 0.1) is 0 Å². The molecule has 1 N–H and O–H groups in total. The maximum absolute atomic E-state index is 4.56. The van der Waals surface area contributed by atoms with Crippen LogP contribution in [0.2, 0.25) is 0 Å². The number of anilines is 1. The summed E-state index contributed by atoms with van der Waals surface area (Å²) in [5, 5.41) is 3.62. The standard InChI is InChI=1S/C15H14Br2N2/c16-11-6-2-7-12(17)15(11)19-13-8-1-4-10-5-3-9-18-14(10)13/h2-3,5-7,9,13,19H,1,4,8H2. The molecule has 3 rings (SSSR count). The van der Waals surface area contributed by atoms with Crippen molar-refractivity contribution >= 4 is 37.5 Å². The van der Waals surface area contributed by atoms with Crippen molar-refractivity contribution in [1.29, 1.82) is 0 Å². The first-order chi connectivity index (χ1) is 9.25. The number of rotatable bonds is 2. The minimum absolute atomic E-state index is 0.292. The van der Waals surface area contributed by atoms with Gasteiger partial charge in [0.15, 0.2) is 0 Å². The third-order valence-electron chi connectivity index (χ3n) is 3.48. The number of aromatic nitrogens is 1. The molecule has 1 aliphatic carbocycles. The molecule has 1 aromatic heterocycles. The topological polar surface area (TPSA) is 24.9 Å². The molecule has 4 heteroatoms. The summed E-state index contributed by atoms with van der Waals surface area (Å²) in [6.07, 6.45) is 5.35. The second kappa shape index (κ2) is 5.63. The molecule has 98 valence electrons. The van der Waals surface area contributed by atoms with Gasteiger partial charge in [0, 0.05) is 15.1 Å². The van der Waals surface area contributed by atoms with E-state index < -0.39 is 0 Å². The third-order valence-corrected chi connectivity index (χ3v) is 4.80. The zero-order chi connectivity index (χ0) is 13.2. The minimum atomic E-state index is 0.292. The van der Waals surface area contributed by atoms with E-state index in [1.807, 2.05) is 18.3 Å². The number of para-hydroxylation sites is 1. The number of nitrogens with one attached hydrogen (secondary N) is 1. The summed E-state index contributed by atoms with van der Waals surface area (Å²) in [6, 6.07) is 10.6. The maximum Gasteiger partial charge on any atom is 0.0688 e. The SMILES string of the molecule is Brc1cccc(Br)c1NC1CCCc2cccnc21. The fourth-order valence-electron chi connectivity index (χ4n) is 2.56. The highest BCUT2D eigenvalue weighted by molar-refractivity contribution is 9.11. The minimum Gasteiger partial charge on any atom is -0.375 e. The van der Waals surface area contributed by atoms with Gasteiger partial charge in [0.1, 0.15) is 0 Å². The summed E-state index contributed by atoms with van der Waals surface area (Å²) in [5.41, 5.74) is 3.66. The third kappa shape index (κ3) is 2.70. The normalized spacial score (nSPS) is 17.9. The van der Waals surface area contributed by atoms with E-state index in [0.717, 1.165) is 27.5 Å². The lowest BCUT2D eigenvalue weighted by Crippen LogP contribution is -2.19. The molecule has 0 aliphatic heterocycles. The Morgan fingerprint density at radius 2 is 1.89 bits per heavy atom. The molecule has 0 fully saturated rings. The van der Waals surface area contributed by atoms with Gasteiger partial charge in [0.25, 0.3) is 0 Å². The lowest BCUT2D eigenvalue weighted by Gasteiger charge is -2.27. The Kier molecular flexibility index (Phi) is 3.89. The van der Waals surface area contributed by atoms with Gasteiger partial charge in [-0.1, -0.05) is 12.1 Å². The number of halogens is 2. The van der Waals surface area contributed by atoms with Gasteiger partial charge in [0.05, 0.1) is 17.4 Å². The van der Waals surface area contributed by atoms with Crippen molar-refractivity contribution in [2.75, 3.05) is 5.32 Å². The van der Waals surface area contributed by atoms with Gasteiger partial charge in [-0.2, -0.15) is 0 Å². The maximum atomic E-state index is 4.56. The van der Waals surface area contributed by atoms with E-state index in [9.17, 15) is 0 Å². The van der Waals surface area contributed by atoms with Gasteiger partial charge in [-0.3, -0.25) is 4.98 Å². The molecule has 1 aromatic carbocycles. The van der Waals surface area contributed by atoms with E-state index in [-0.39, 0.29) is 0 Å². The Morgan fingerprint density at radius 1 is 1.11 bits per heavy atom. The molecule has 1 atom stereocenters. The molecule has 0 radical (unpaired) electrons. The highest BCUT2D eigenvalue weighted by atomic mass is 79.9. The summed E-state index contributed by atoms with van der Waals surface area (Å²) >= 11 is 7.20. The molecule has 0 saturated carbocycles. The Bertz CT molecular complexity index is 578. The van der Waals surface area contributed by atoms with Gasteiger partial charge in [0.2, 0.25) is 0 Å². The van der Waals surface area contributed by atoms with Gasteiger partial charge in [-0.05, 0) is 74.9 Å². The van der Waals surface area contributed by atoms with Gasteiger partial charge in [-0.25, -0.2) is 0 Å². The van der Waals surface area contributed by atoms with Gasteiger partial charge >= 0.3 is 0 Å². The monoisotopic (exact) mass is 380 g/mol. The molecule has 0 bridgehead atoms. The number of pyridine rings is 1. The first-order valence-corrected chi connectivity index (χ1v) is 7.98. The first-order valence-electron chi connectivity index (χ1n) is 6.40. The van der Waals surface area contributed by atoms with Gasteiger partial charge < -0.3 is 5.32 Å². The summed E-state index contributed by atoms with van der Waals surface area (Å²) in [7, 11) is 0. The molecular weight excluding hydrogens is 368 g/mol. The van der Waals surface area contributed by atoms with Crippen LogP contribution < -0.4 is 5.32 Å². The zero-order valence-corrected chi connectivity index (χ0v) is 13.5. The van der Waals surface area contributed by atoms with Crippen molar-refractivity contribution in [3.05, 3.63) is 56.7 Å². The van der Waals surface area contributed by atoms with E-state index in [4.69, 9.17) is 0 Å². The van der Waals surface area contributed by atoms with Crippen LogP contribution in [0.3, 0.4) is 0 Å². The van der Waals surface area contributed by atoms with E-state index in [1.165, 1.54) is 17.7 Å². The molecule has 19 heavy (non-hydrogen) atoms. The summed E-state index contributed by atoms with van der Waals surface area (Å²) in [4.78, 5) is 4.56. The molecule has 1 aliphatic rings. The van der Waals surface area contributed by atoms with Crippen LogP contribution in [-0.4, -0.2) is 4.98 Å².